The van der Waals surface area contributed by atoms with Crippen molar-refractivity contribution in [1.82, 2.24) is 0 Å². The van der Waals surface area contributed by atoms with Crippen LogP contribution < -0.4 is 15.0 Å². The Kier molecular flexibility index (Phi) is 5.39. The third kappa shape index (κ3) is 4.42. The summed E-state index contributed by atoms with van der Waals surface area (Å²) in [4.78, 5) is 26.3. The molecule has 0 saturated carbocycles. The zero-order valence-corrected chi connectivity index (χ0v) is 15.1. The summed E-state index contributed by atoms with van der Waals surface area (Å²) in [5.74, 6) is -1.55. The number of ether oxygens (including phenoxy) is 1. The summed E-state index contributed by atoms with van der Waals surface area (Å²) in [5, 5.41) is 2.30. The number of carbonyl (C=O) groups is 2. The molecule has 0 spiro atoms. The lowest BCUT2D eigenvalue weighted by Gasteiger charge is -2.33. The zero-order valence-electron chi connectivity index (χ0n) is 15.1. The van der Waals surface area contributed by atoms with Crippen molar-refractivity contribution in [3.8, 4) is 5.75 Å². The fourth-order valence-electron chi connectivity index (χ4n) is 2.95. The molecular weight excluding hydrogens is 354 g/mol. The number of benzene rings is 2. The van der Waals surface area contributed by atoms with Gasteiger partial charge in [0.15, 0.2) is 0 Å². The van der Waals surface area contributed by atoms with Gasteiger partial charge in [-0.05, 0) is 43.7 Å². The number of amides is 2. The maximum atomic E-state index is 13.6. The highest BCUT2D eigenvalue weighted by atomic mass is 19.1. The highest BCUT2D eigenvalue weighted by Gasteiger charge is 2.27. The van der Waals surface area contributed by atoms with Crippen LogP contribution in [0.1, 0.15) is 25.3 Å². The average molecular weight is 374 g/mol. The first-order valence-electron chi connectivity index (χ1n) is 8.66. The molecule has 1 aliphatic heterocycles. The summed E-state index contributed by atoms with van der Waals surface area (Å²) in [7, 11) is 0. The van der Waals surface area contributed by atoms with E-state index in [1.165, 1.54) is 0 Å². The van der Waals surface area contributed by atoms with Crippen LogP contribution in [-0.4, -0.2) is 24.5 Å². The van der Waals surface area contributed by atoms with E-state index >= 15 is 0 Å². The summed E-state index contributed by atoms with van der Waals surface area (Å²) in [6.45, 7) is 4.17. The quantitative estimate of drug-likeness (QED) is 0.885. The van der Waals surface area contributed by atoms with Crippen LogP contribution in [-0.2, 0) is 9.59 Å². The molecule has 0 aromatic heterocycles. The number of anilines is 2. The van der Waals surface area contributed by atoms with Gasteiger partial charge in [-0.3, -0.25) is 9.59 Å². The van der Waals surface area contributed by atoms with Crippen molar-refractivity contribution in [3.05, 3.63) is 53.6 Å². The van der Waals surface area contributed by atoms with Crippen LogP contribution in [0.25, 0.3) is 0 Å². The average Bonchev–Trinajstić information content (AvgIpc) is 2.62. The molecule has 1 N–H and O–H groups in total. The summed E-state index contributed by atoms with van der Waals surface area (Å²) >= 11 is 0. The molecule has 1 atom stereocenters. The normalized spacial score (nSPS) is 15.7. The Balaban J connectivity index is 1.65. The third-order valence-corrected chi connectivity index (χ3v) is 4.24. The van der Waals surface area contributed by atoms with Crippen LogP contribution >= 0.6 is 0 Å². The number of rotatable bonds is 4. The van der Waals surface area contributed by atoms with E-state index < -0.39 is 17.5 Å². The fraction of sp³-hybridized carbons (Fsp3) is 0.300. The van der Waals surface area contributed by atoms with Crippen molar-refractivity contribution < 1.29 is 23.1 Å². The second-order valence-electron chi connectivity index (χ2n) is 6.58. The summed E-state index contributed by atoms with van der Waals surface area (Å²) < 4.78 is 32.5. The maximum absolute atomic E-state index is 13.6. The van der Waals surface area contributed by atoms with Crippen LogP contribution in [0.3, 0.4) is 0 Å². The molecule has 2 aromatic rings. The minimum absolute atomic E-state index is 0.0527. The lowest BCUT2D eigenvalue weighted by molar-refractivity contribution is -0.122. The van der Waals surface area contributed by atoms with E-state index in [2.05, 4.69) is 5.32 Å². The number of nitrogens with zero attached hydrogens (tertiary/aromatic N) is 1. The van der Waals surface area contributed by atoms with E-state index in [0.717, 1.165) is 23.8 Å². The Morgan fingerprint density at radius 3 is 2.74 bits per heavy atom. The zero-order chi connectivity index (χ0) is 19.6. The van der Waals surface area contributed by atoms with Gasteiger partial charge >= 0.3 is 0 Å². The first-order chi connectivity index (χ1) is 12.8. The van der Waals surface area contributed by atoms with E-state index in [9.17, 15) is 18.4 Å². The van der Waals surface area contributed by atoms with Gasteiger partial charge in [0, 0.05) is 18.9 Å². The van der Waals surface area contributed by atoms with Crippen LogP contribution in [0, 0.1) is 18.6 Å². The lowest BCUT2D eigenvalue weighted by atomic mass is 10.1. The van der Waals surface area contributed by atoms with Gasteiger partial charge in [-0.15, -0.1) is 0 Å². The number of hydrogen-bond acceptors (Lipinski definition) is 3. The minimum atomic E-state index is -0.734. The van der Waals surface area contributed by atoms with E-state index in [0.29, 0.717) is 18.0 Å². The van der Waals surface area contributed by atoms with Crippen LogP contribution in [0.15, 0.2) is 36.4 Å². The van der Waals surface area contributed by atoms with Gasteiger partial charge in [-0.2, -0.15) is 0 Å². The highest BCUT2D eigenvalue weighted by molar-refractivity contribution is 5.99. The fourth-order valence-corrected chi connectivity index (χ4v) is 2.95. The molecule has 5 nitrogen and oxygen atoms in total. The molecule has 0 fully saturated rings. The van der Waals surface area contributed by atoms with Gasteiger partial charge in [0.05, 0.1) is 17.9 Å². The molecule has 2 aromatic carbocycles. The third-order valence-electron chi connectivity index (χ3n) is 4.24. The molecule has 2 amide bonds. The Bertz CT molecular complexity index is 886. The van der Waals surface area contributed by atoms with Crippen molar-refractivity contribution in [2.75, 3.05) is 16.8 Å². The van der Waals surface area contributed by atoms with Crippen LogP contribution in [0.4, 0.5) is 20.2 Å². The lowest BCUT2D eigenvalue weighted by Crippen LogP contribution is -2.42. The van der Waals surface area contributed by atoms with E-state index in [1.54, 1.807) is 4.90 Å². The van der Waals surface area contributed by atoms with E-state index in [1.807, 2.05) is 32.0 Å². The monoisotopic (exact) mass is 374 g/mol. The predicted molar refractivity (Wildman–Crippen MR) is 97.8 cm³/mol. The Morgan fingerprint density at radius 1 is 1.19 bits per heavy atom. The van der Waals surface area contributed by atoms with Gasteiger partial charge in [-0.25, -0.2) is 8.78 Å². The molecule has 0 saturated heterocycles. The Morgan fingerprint density at radius 2 is 1.96 bits per heavy atom. The van der Waals surface area contributed by atoms with Crippen molar-refractivity contribution in [2.24, 2.45) is 0 Å². The molecule has 0 bridgehead atoms. The number of fused-ring (bicyclic) bond motifs is 1. The van der Waals surface area contributed by atoms with Crippen LogP contribution in [0.5, 0.6) is 5.75 Å². The number of halogens is 2. The second kappa shape index (κ2) is 7.73. The number of hydrogen-bond donors (Lipinski definition) is 1. The molecular formula is C20H20F2N2O3. The topological polar surface area (TPSA) is 58.6 Å². The van der Waals surface area contributed by atoms with Gasteiger partial charge < -0.3 is 15.0 Å². The maximum Gasteiger partial charge on any atom is 0.227 e. The molecule has 0 aliphatic carbocycles. The molecule has 3 rings (SSSR count). The van der Waals surface area contributed by atoms with Crippen molar-refractivity contribution in [3.63, 3.8) is 0 Å². The van der Waals surface area contributed by atoms with Crippen molar-refractivity contribution in [1.29, 1.82) is 0 Å². The number of aryl methyl sites for hydroxylation is 1. The molecule has 142 valence electrons. The highest BCUT2D eigenvalue weighted by Crippen LogP contribution is 2.34. The molecule has 1 aliphatic rings. The van der Waals surface area contributed by atoms with Crippen molar-refractivity contribution in [2.45, 2.75) is 32.8 Å². The van der Waals surface area contributed by atoms with Crippen molar-refractivity contribution >= 4 is 23.2 Å². The number of carbonyl (C=O) groups excluding carboxylic acids is 2. The van der Waals surface area contributed by atoms with Gasteiger partial charge in [-0.1, -0.05) is 6.07 Å². The Labute approximate surface area is 155 Å². The standard InChI is InChI=1S/C20H20F2N2O3/c1-12-3-6-18-17(9-12)24(11-13(2)27-18)20(26)8-7-19(25)23-16-10-14(21)4-5-15(16)22/h3-6,9-10,13H,7-8,11H2,1-2H3,(H,23,25). The molecule has 1 heterocycles. The second-order valence-corrected chi connectivity index (χ2v) is 6.58. The van der Waals surface area contributed by atoms with Crippen LogP contribution in [0.2, 0.25) is 0 Å². The molecule has 7 heteroatoms. The first-order valence-corrected chi connectivity index (χ1v) is 8.66. The Hall–Kier alpha value is -2.96. The molecule has 0 radical (unpaired) electrons. The molecule has 27 heavy (non-hydrogen) atoms. The van der Waals surface area contributed by atoms with E-state index in [-0.39, 0.29) is 30.5 Å². The van der Waals surface area contributed by atoms with Gasteiger partial charge in [0.25, 0.3) is 0 Å². The summed E-state index contributed by atoms with van der Waals surface area (Å²) in [6.07, 6.45) is -0.357. The summed E-state index contributed by atoms with van der Waals surface area (Å²) in [6, 6.07) is 8.39. The minimum Gasteiger partial charge on any atom is -0.487 e. The largest absolute Gasteiger partial charge is 0.487 e. The number of nitrogens with one attached hydrogen (secondary N) is 1. The summed E-state index contributed by atoms with van der Waals surface area (Å²) in [5.41, 5.74) is 1.42. The van der Waals surface area contributed by atoms with Gasteiger partial charge in [0.2, 0.25) is 11.8 Å². The predicted octanol–water partition coefficient (Wildman–Crippen LogP) is 3.81. The SMILES string of the molecule is Cc1ccc2c(c1)N(C(=O)CCC(=O)Nc1cc(F)ccc1F)CC(C)O2. The van der Waals surface area contributed by atoms with E-state index in [4.69, 9.17) is 4.74 Å². The van der Waals surface area contributed by atoms with Gasteiger partial charge in [0.1, 0.15) is 23.5 Å². The first kappa shape index (κ1) is 18.8. The smallest absolute Gasteiger partial charge is 0.227 e. The molecule has 1 unspecified atom stereocenters.